The molecule has 3 nitrogen and oxygen atoms in total. The highest BCUT2D eigenvalue weighted by molar-refractivity contribution is 5.22. The summed E-state index contributed by atoms with van der Waals surface area (Å²) in [5.74, 6) is 0.316. The lowest BCUT2D eigenvalue weighted by Gasteiger charge is -2.31. The molecule has 100 valence electrons. The van der Waals surface area contributed by atoms with E-state index in [9.17, 15) is 0 Å². The monoisotopic (exact) mass is 248 g/mol. The van der Waals surface area contributed by atoms with Crippen molar-refractivity contribution in [1.29, 1.82) is 0 Å². The van der Waals surface area contributed by atoms with Crippen molar-refractivity contribution in [1.82, 2.24) is 4.98 Å². The van der Waals surface area contributed by atoms with Gasteiger partial charge in [-0.05, 0) is 52.2 Å². The summed E-state index contributed by atoms with van der Waals surface area (Å²) in [6, 6.07) is 2.10. The Hall–Kier alpha value is -0.930. The minimum Gasteiger partial charge on any atom is -0.369 e. The third-order valence-corrected chi connectivity index (χ3v) is 3.86. The van der Waals surface area contributed by atoms with Crippen molar-refractivity contribution in [3.8, 4) is 0 Å². The van der Waals surface area contributed by atoms with E-state index in [4.69, 9.17) is 10.5 Å². The van der Waals surface area contributed by atoms with E-state index in [2.05, 4.69) is 38.7 Å². The van der Waals surface area contributed by atoms with E-state index < -0.39 is 0 Å². The summed E-state index contributed by atoms with van der Waals surface area (Å²) in [5, 5.41) is 0. The van der Waals surface area contributed by atoms with Crippen LogP contribution in [0.3, 0.4) is 0 Å². The highest BCUT2D eigenvalue weighted by atomic mass is 16.5. The molecule has 0 aliphatic carbocycles. The lowest BCUT2D eigenvalue weighted by molar-refractivity contribution is -0.0767. The maximum Gasteiger partial charge on any atom is 0.0680 e. The second kappa shape index (κ2) is 4.32. The molecule has 0 radical (unpaired) electrons. The van der Waals surface area contributed by atoms with Crippen molar-refractivity contribution in [3.63, 3.8) is 0 Å². The number of pyridine rings is 1. The van der Waals surface area contributed by atoms with E-state index in [1.165, 1.54) is 0 Å². The molecule has 3 heteroatoms. The molecule has 0 spiro atoms. The van der Waals surface area contributed by atoms with E-state index in [-0.39, 0.29) is 17.2 Å². The third-order valence-electron chi connectivity index (χ3n) is 3.86. The summed E-state index contributed by atoms with van der Waals surface area (Å²) in [4.78, 5) is 4.24. The van der Waals surface area contributed by atoms with E-state index in [1.54, 1.807) is 0 Å². The molecule has 2 N–H and O–H groups in total. The molecule has 2 unspecified atom stereocenters. The second-order valence-corrected chi connectivity index (χ2v) is 6.60. The highest BCUT2D eigenvalue weighted by Crippen LogP contribution is 2.46. The van der Waals surface area contributed by atoms with Crippen molar-refractivity contribution in [2.24, 2.45) is 11.7 Å². The summed E-state index contributed by atoms with van der Waals surface area (Å²) < 4.78 is 6.12. The predicted octanol–water partition coefficient (Wildman–Crippen LogP) is 2.98. The van der Waals surface area contributed by atoms with E-state index in [0.717, 1.165) is 17.5 Å². The van der Waals surface area contributed by atoms with Crippen molar-refractivity contribution in [2.45, 2.75) is 58.3 Å². The summed E-state index contributed by atoms with van der Waals surface area (Å²) in [7, 11) is 0. The first kappa shape index (κ1) is 13.5. The van der Waals surface area contributed by atoms with Crippen LogP contribution in [-0.4, -0.2) is 16.2 Å². The smallest absolute Gasteiger partial charge is 0.0680 e. The molecule has 1 saturated heterocycles. The molecule has 1 aromatic rings. The van der Waals surface area contributed by atoms with Gasteiger partial charge in [-0.2, -0.15) is 0 Å². The molecular weight excluding hydrogens is 224 g/mol. The zero-order valence-electron chi connectivity index (χ0n) is 12.0. The average molecular weight is 248 g/mol. The van der Waals surface area contributed by atoms with Crippen molar-refractivity contribution < 1.29 is 4.74 Å². The number of hydrogen-bond donors (Lipinski definition) is 1. The van der Waals surface area contributed by atoms with Gasteiger partial charge in [0.1, 0.15) is 0 Å². The lowest BCUT2D eigenvalue weighted by atomic mass is 9.79. The Morgan fingerprint density at radius 2 is 2.00 bits per heavy atom. The first-order valence-electron chi connectivity index (χ1n) is 6.59. The van der Waals surface area contributed by atoms with Gasteiger partial charge in [0, 0.05) is 24.4 Å². The topological polar surface area (TPSA) is 48.1 Å². The largest absolute Gasteiger partial charge is 0.369 e. The molecule has 1 aliphatic heterocycles. The van der Waals surface area contributed by atoms with Gasteiger partial charge in [0.25, 0.3) is 0 Å². The summed E-state index contributed by atoms with van der Waals surface area (Å²) in [6.45, 7) is 10.6. The first-order chi connectivity index (χ1) is 8.21. The van der Waals surface area contributed by atoms with Crippen LogP contribution in [-0.2, 0) is 4.74 Å². The number of ether oxygens (including phenoxy) is 1. The Labute approximate surface area is 110 Å². The number of nitrogens with two attached hydrogens (primary N) is 1. The predicted molar refractivity (Wildman–Crippen MR) is 73.3 cm³/mol. The Morgan fingerprint density at radius 3 is 2.50 bits per heavy atom. The molecule has 0 aromatic carbocycles. The Morgan fingerprint density at radius 1 is 1.33 bits per heavy atom. The number of hydrogen-bond acceptors (Lipinski definition) is 3. The standard InChI is InChI=1S/C15H24N2O/c1-10-6-11(9-17-8-10)13(16)12-7-14(2,3)18-15(12,4)5/h6,8-9,12-13H,7,16H2,1-5H3. The number of nitrogens with zero attached hydrogens (tertiary/aromatic N) is 1. The fourth-order valence-electron chi connectivity index (χ4n) is 3.16. The fraction of sp³-hybridized carbons (Fsp3) is 0.667. The number of aromatic nitrogens is 1. The van der Waals surface area contributed by atoms with Gasteiger partial charge in [-0.25, -0.2) is 0 Å². The molecule has 1 aliphatic rings. The molecule has 2 rings (SSSR count). The van der Waals surface area contributed by atoms with Crippen LogP contribution in [0.2, 0.25) is 0 Å². The van der Waals surface area contributed by atoms with Gasteiger partial charge in [-0.1, -0.05) is 6.07 Å². The second-order valence-electron chi connectivity index (χ2n) is 6.60. The first-order valence-corrected chi connectivity index (χ1v) is 6.59. The van der Waals surface area contributed by atoms with Crippen LogP contribution in [0.1, 0.15) is 51.3 Å². The zero-order valence-corrected chi connectivity index (χ0v) is 12.0. The van der Waals surface area contributed by atoms with Gasteiger partial charge in [0.2, 0.25) is 0 Å². The Kier molecular flexibility index (Phi) is 3.24. The van der Waals surface area contributed by atoms with Crippen LogP contribution < -0.4 is 5.73 Å². The number of rotatable bonds is 2. The minimum absolute atomic E-state index is 0.0193. The molecule has 0 bridgehead atoms. The maximum atomic E-state index is 6.45. The van der Waals surface area contributed by atoms with Crippen molar-refractivity contribution in [3.05, 3.63) is 29.6 Å². The van der Waals surface area contributed by atoms with Crippen LogP contribution in [0, 0.1) is 12.8 Å². The van der Waals surface area contributed by atoms with Crippen LogP contribution >= 0.6 is 0 Å². The fourth-order valence-corrected chi connectivity index (χ4v) is 3.16. The Balaban J connectivity index is 2.26. The van der Waals surface area contributed by atoms with Gasteiger partial charge in [0.15, 0.2) is 0 Å². The van der Waals surface area contributed by atoms with Gasteiger partial charge in [-0.15, -0.1) is 0 Å². The molecule has 1 aromatic heterocycles. The van der Waals surface area contributed by atoms with Crippen LogP contribution in [0.4, 0.5) is 0 Å². The van der Waals surface area contributed by atoms with Gasteiger partial charge in [-0.3, -0.25) is 4.98 Å². The Bertz CT molecular complexity index is 440. The number of aryl methyl sites for hydroxylation is 1. The lowest BCUT2D eigenvalue weighted by Crippen LogP contribution is -2.35. The van der Waals surface area contributed by atoms with E-state index in [1.807, 2.05) is 19.3 Å². The van der Waals surface area contributed by atoms with E-state index in [0.29, 0.717) is 5.92 Å². The summed E-state index contributed by atoms with van der Waals surface area (Å²) in [6.07, 6.45) is 4.71. The molecule has 0 saturated carbocycles. The van der Waals surface area contributed by atoms with Crippen LogP contribution in [0.25, 0.3) is 0 Å². The minimum atomic E-state index is -0.188. The van der Waals surface area contributed by atoms with Crippen molar-refractivity contribution >= 4 is 0 Å². The zero-order chi connectivity index (χ0) is 13.6. The molecule has 1 fully saturated rings. The summed E-state index contributed by atoms with van der Waals surface area (Å²) in [5.41, 5.74) is 8.42. The molecule has 2 atom stereocenters. The molecule has 2 heterocycles. The van der Waals surface area contributed by atoms with Gasteiger partial charge >= 0.3 is 0 Å². The highest BCUT2D eigenvalue weighted by Gasteiger charge is 2.48. The SMILES string of the molecule is Cc1cncc(C(N)C2CC(C)(C)OC2(C)C)c1. The summed E-state index contributed by atoms with van der Waals surface area (Å²) >= 11 is 0. The van der Waals surface area contributed by atoms with Gasteiger partial charge in [0.05, 0.1) is 11.2 Å². The normalized spacial score (nSPS) is 27.1. The van der Waals surface area contributed by atoms with Crippen LogP contribution in [0.5, 0.6) is 0 Å². The van der Waals surface area contributed by atoms with E-state index >= 15 is 0 Å². The molecule has 0 amide bonds. The quantitative estimate of drug-likeness (QED) is 0.875. The average Bonchev–Trinajstić information content (AvgIpc) is 2.45. The van der Waals surface area contributed by atoms with Gasteiger partial charge < -0.3 is 10.5 Å². The molecular formula is C15H24N2O. The van der Waals surface area contributed by atoms with Crippen molar-refractivity contribution in [2.75, 3.05) is 0 Å². The third kappa shape index (κ3) is 2.57. The maximum absolute atomic E-state index is 6.45. The molecule has 18 heavy (non-hydrogen) atoms. The van der Waals surface area contributed by atoms with Crippen LogP contribution in [0.15, 0.2) is 18.5 Å².